The quantitative estimate of drug-likeness (QED) is 0.750. The van der Waals surface area contributed by atoms with Gasteiger partial charge in [-0.15, -0.1) is 0 Å². The topological polar surface area (TPSA) is 43.4 Å². The fourth-order valence-electron chi connectivity index (χ4n) is 2.69. The molecular weight excluding hydrogens is 359 g/mol. The molecule has 130 valence electrons. The zero-order valence-electron chi connectivity index (χ0n) is 14.0. The van der Waals surface area contributed by atoms with Gasteiger partial charge in [-0.1, -0.05) is 24.4 Å². The van der Waals surface area contributed by atoms with E-state index in [-0.39, 0.29) is 10.7 Å². The largest absolute Gasteiger partial charge is 0.481 e. The Labute approximate surface area is 152 Å². The summed E-state index contributed by atoms with van der Waals surface area (Å²) >= 11 is 5.58. The first-order valence-electron chi connectivity index (χ1n) is 7.64. The van der Waals surface area contributed by atoms with Gasteiger partial charge in [0.15, 0.2) is 9.84 Å². The number of thiocarbonyl (C=S) groups is 1. The summed E-state index contributed by atoms with van der Waals surface area (Å²) in [5.41, 5.74) is 1.54. The van der Waals surface area contributed by atoms with E-state index in [1.165, 1.54) is 24.3 Å². The third kappa shape index (κ3) is 3.37. The van der Waals surface area contributed by atoms with Crippen molar-refractivity contribution in [3.63, 3.8) is 0 Å². The lowest BCUT2D eigenvalue weighted by atomic mass is 9.94. The van der Waals surface area contributed by atoms with E-state index in [4.69, 9.17) is 17.0 Å². The molecule has 0 radical (unpaired) electrons. The third-order valence-electron chi connectivity index (χ3n) is 4.04. The van der Waals surface area contributed by atoms with Crippen LogP contribution in [0.4, 0.5) is 4.39 Å². The van der Waals surface area contributed by atoms with Crippen LogP contribution in [-0.4, -0.2) is 25.1 Å². The Balaban J connectivity index is 2.15. The van der Waals surface area contributed by atoms with Crippen LogP contribution in [0.2, 0.25) is 0 Å². The van der Waals surface area contributed by atoms with E-state index < -0.39 is 15.4 Å². The number of sulfone groups is 1. The van der Waals surface area contributed by atoms with Crippen molar-refractivity contribution < 1.29 is 17.5 Å². The highest BCUT2D eigenvalue weighted by Crippen LogP contribution is 2.42. The van der Waals surface area contributed by atoms with E-state index >= 15 is 0 Å². The summed E-state index contributed by atoms with van der Waals surface area (Å²) in [5.74, 6) is 0.245. The number of hydrogen-bond acceptors (Lipinski definition) is 4. The number of ether oxygens (including phenoxy) is 1. The fourth-order valence-corrected chi connectivity index (χ4v) is 3.57. The molecule has 1 aliphatic heterocycles. The standard InChI is InChI=1S/C19H17FO3S2/c1-19(2)18(24)16(12-4-8-14(20)9-5-12)17(23-19)13-6-10-15(11-7-13)25(3,21)22/h4-11H,1-3H3. The van der Waals surface area contributed by atoms with Gasteiger partial charge >= 0.3 is 0 Å². The molecule has 0 amide bonds. The number of hydrogen-bond donors (Lipinski definition) is 0. The van der Waals surface area contributed by atoms with Crippen molar-refractivity contribution in [2.45, 2.75) is 24.3 Å². The fraction of sp³-hybridized carbons (Fsp3) is 0.211. The summed E-state index contributed by atoms with van der Waals surface area (Å²) in [6.45, 7) is 3.74. The van der Waals surface area contributed by atoms with Crippen LogP contribution in [0.5, 0.6) is 0 Å². The van der Waals surface area contributed by atoms with Crippen molar-refractivity contribution in [1.29, 1.82) is 0 Å². The van der Waals surface area contributed by atoms with Crippen LogP contribution in [0.15, 0.2) is 53.4 Å². The molecule has 0 aromatic heterocycles. The molecule has 0 unspecified atom stereocenters. The molecule has 2 aromatic rings. The molecule has 0 saturated carbocycles. The molecule has 0 atom stereocenters. The first kappa shape index (κ1) is 17.8. The second-order valence-corrected chi connectivity index (χ2v) is 8.87. The molecule has 3 nitrogen and oxygen atoms in total. The molecule has 1 heterocycles. The molecule has 0 saturated heterocycles. The molecule has 0 N–H and O–H groups in total. The molecule has 2 aromatic carbocycles. The Morgan fingerprint density at radius 1 is 0.960 bits per heavy atom. The van der Waals surface area contributed by atoms with Crippen molar-refractivity contribution >= 4 is 38.3 Å². The van der Waals surface area contributed by atoms with Crippen LogP contribution in [0, 0.1) is 5.82 Å². The Morgan fingerprint density at radius 3 is 2.00 bits per heavy atom. The normalized spacial score (nSPS) is 16.9. The monoisotopic (exact) mass is 376 g/mol. The van der Waals surface area contributed by atoms with Crippen molar-refractivity contribution in [3.8, 4) is 0 Å². The highest BCUT2D eigenvalue weighted by Gasteiger charge is 2.39. The predicted octanol–water partition coefficient (Wildman–Crippen LogP) is 4.28. The summed E-state index contributed by atoms with van der Waals surface area (Å²) in [5, 5.41) is 0. The van der Waals surface area contributed by atoms with Gasteiger partial charge in [0.1, 0.15) is 17.2 Å². The Hall–Kier alpha value is -2.05. The van der Waals surface area contributed by atoms with Crippen molar-refractivity contribution in [2.75, 3.05) is 6.26 Å². The minimum Gasteiger partial charge on any atom is -0.481 e. The minimum atomic E-state index is -3.27. The van der Waals surface area contributed by atoms with Crippen LogP contribution in [0.3, 0.4) is 0 Å². The summed E-state index contributed by atoms with van der Waals surface area (Å²) in [7, 11) is -3.27. The zero-order chi connectivity index (χ0) is 18.4. The molecule has 25 heavy (non-hydrogen) atoms. The Kier molecular flexibility index (Phi) is 4.29. The van der Waals surface area contributed by atoms with Gasteiger partial charge in [-0.05, 0) is 55.8 Å². The number of rotatable bonds is 3. The average Bonchev–Trinajstić information content (AvgIpc) is 2.78. The third-order valence-corrected chi connectivity index (χ3v) is 5.86. The average molecular weight is 376 g/mol. The van der Waals surface area contributed by atoms with Gasteiger partial charge in [0, 0.05) is 17.4 Å². The van der Waals surface area contributed by atoms with E-state index in [2.05, 4.69) is 0 Å². The van der Waals surface area contributed by atoms with E-state index in [1.807, 2.05) is 13.8 Å². The highest BCUT2D eigenvalue weighted by atomic mass is 32.2. The first-order chi connectivity index (χ1) is 11.6. The molecule has 0 fully saturated rings. The lowest BCUT2D eigenvalue weighted by Crippen LogP contribution is -2.27. The van der Waals surface area contributed by atoms with Crippen LogP contribution in [0.25, 0.3) is 11.3 Å². The van der Waals surface area contributed by atoms with Gasteiger partial charge < -0.3 is 4.74 Å². The van der Waals surface area contributed by atoms with Gasteiger partial charge in [0.05, 0.1) is 9.76 Å². The second-order valence-electron chi connectivity index (χ2n) is 6.45. The highest BCUT2D eigenvalue weighted by molar-refractivity contribution is 7.90. The van der Waals surface area contributed by atoms with E-state index in [1.54, 1.807) is 24.3 Å². The van der Waals surface area contributed by atoms with Crippen molar-refractivity contribution in [3.05, 3.63) is 65.5 Å². The van der Waals surface area contributed by atoms with E-state index in [9.17, 15) is 12.8 Å². The van der Waals surface area contributed by atoms with Gasteiger partial charge in [-0.3, -0.25) is 0 Å². The SMILES string of the molecule is CC1(C)OC(c2ccc(S(C)(=O)=O)cc2)=C(c2ccc(F)cc2)C1=S. The van der Waals surface area contributed by atoms with E-state index in [0.29, 0.717) is 10.6 Å². The molecule has 0 spiro atoms. The van der Waals surface area contributed by atoms with Gasteiger partial charge in [0.2, 0.25) is 0 Å². The Morgan fingerprint density at radius 2 is 1.48 bits per heavy atom. The summed E-state index contributed by atoms with van der Waals surface area (Å²) in [6, 6.07) is 12.5. The summed E-state index contributed by atoms with van der Waals surface area (Å²) in [6.07, 6.45) is 1.16. The maximum atomic E-state index is 13.3. The van der Waals surface area contributed by atoms with Gasteiger partial charge in [-0.2, -0.15) is 0 Å². The molecule has 0 bridgehead atoms. The van der Waals surface area contributed by atoms with Crippen LogP contribution in [-0.2, 0) is 14.6 Å². The van der Waals surface area contributed by atoms with Crippen LogP contribution >= 0.6 is 12.2 Å². The molecule has 1 aliphatic rings. The lowest BCUT2D eigenvalue weighted by Gasteiger charge is -2.20. The Bertz CT molecular complexity index is 970. The smallest absolute Gasteiger partial charge is 0.175 e. The minimum absolute atomic E-state index is 0.236. The van der Waals surface area contributed by atoms with Gasteiger partial charge in [-0.25, -0.2) is 12.8 Å². The molecular formula is C19H17FO3S2. The van der Waals surface area contributed by atoms with Crippen molar-refractivity contribution in [2.24, 2.45) is 0 Å². The maximum absolute atomic E-state index is 13.3. The predicted molar refractivity (Wildman–Crippen MR) is 101 cm³/mol. The molecule has 3 rings (SSSR count). The number of halogens is 1. The van der Waals surface area contributed by atoms with E-state index in [0.717, 1.165) is 23.0 Å². The molecule has 6 heteroatoms. The van der Waals surface area contributed by atoms with Gasteiger partial charge in [0.25, 0.3) is 0 Å². The first-order valence-corrected chi connectivity index (χ1v) is 9.94. The second kappa shape index (κ2) is 6.04. The molecule has 0 aliphatic carbocycles. The van der Waals surface area contributed by atoms with Crippen LogP contribution in [0.1, 0.15) is 25.0 Å². The zero-order valence-corrected chi connectivity index (χ0v) is 15.7. The summed E-state index contributed by atoms with van der Waals surface area (Å²) in [4.78, 5) is 0.862. The van der Waals surface area contributed by atoms with Crippen molar-refractivity contribution in [1.82, 2.24) is 0 Å². The summed E-state index contributed by atoms with van der Waals surface area (Å²) < 4.78 is 42.6. The van der Waals surface area contributed by atoms with Crippen LogP contribution < -0.4 is 0 Å². The maximum Gasteiger partial charge on any atom is 0.175 e. The lowest BCUT2D eigenvalue weighted by molar-refractivity contribution is 0.160. The number of benzene rings is 2.